The number of H-pyrrole nitrogens is 1. The maximum absolute atomic E-state index is 12.5. The Hall–Kier alpha value is -4.48. The molecule has 0 spiro atoms. The van der Waals surface area contributed by atoms with Crippen LogP contribution in [-0.2, 0) is 19.1 Å². The number of likely N-dealkylation sites (tertiary alicyclic amines) is 1. The fraction of sp³-hybridized carbons (Fsp3) is 0.484. The number of methoxy groups -OCH3 is 2. The highest BCUT2D eigenvalue weighted by Crippen LogP contribution is 2.21. The predicted molar refractivity (Wildman–Crippen MR) is 165 cm³/mol. The average Bonchev–Trinajstić information content (AvgIpc) is 3.49. The molecule has 1 fully saturated rings. The van der Waals surface area contributed by atoms with Crippen molar-refractivity contribution in [2.24, 2.45) is 0 Å². The Morgan fingerprint density at radius 1 is 1.19 bits per heavy atom. The van der Waals surface area contributed by atoms with E-state index in [1.807, 2.05) is 13.8 Å². The number of ketones is 1. The van der Waals surface area contributed by atoms with Gasteiger partial charge in [-0.3, -0.25) is 19.3 Å². The molecule has 2 atom stereocenters. The van der Waals surface area contributed by atoms with Gasteiger partial charge in [-0.2, -0.15) is 0 Å². The summed E-state index contributed by atoms with van der Waals surface area (Å²) in [6.07, 6.45) is 4.05. The fourth-order valence-corrected chi connectivity index (χ4v) is 4.09. The Labute approximate surface area is 252 Å². The molecule has 2 heterocycles. The van der Waals surface area contributed by atoms with Crippen LogP contribution in [0.1, 0.15) is 70.8 Å². The van der Waals surface area contributed by atoms with E-state index in [0.29, 0.717) is 55.1 Å². The number of hydrogen-bond donors (Lipinski definition) is 3. The van der Waals surface area contributed by atoms with Crippen molar-refractivity contribution < 1.29 is 33.4 Å². The number of carbonyl (C=O) groups excluding carboxylic acids is 4. The average molecular weight is 601 g/mol. The lowest BCUT2D eigenvalue weighted by atomic mass is 10.1. The smallest absolute Gasteiger partial charge is 0.410 e. The first-order chi connectivity index (χ1) is 20.3. The number of aromatic nitrogens is 1. The molecule has 0 radical (unpaired) electrons. The molecule has 1 aliphatic rings. The standard InChI is InChI=1S/C17H28N2O5.C12H10N2O3.C2H6/c1-6-7-9-12(15(21)23-5)18-14(20)13-10-8-11-19(13)16(22)24-17(2,3)4;1-17-7-2-3-8-9(4-7)14-10(5-11(8)15)12(16)6-13;1-2/h6,12-13H,1,7-11H2,2-5H3,(H,18,20);2-6,13H,1H3,(H,14,15);1-2H3. The lowest BCUT2D eigenvalue weighted by molar-refractivity contribution is -0.145. The summed E-state index contributed by atoms with van der Waals surface area (Å²) in [6.45, 7) is 13.4. The Balaban J connectivity index is 0.000000426. The van der Waals surface area contributed by atoms with Gasteiger partial charge in [0.05, 0.1) is 31.6 Å². The number of hydrogen-bond acceptors (Lipinski definition) is 9. The number of allylic oxidation sites excluding steroid dienone is 1. The first kappa shape index (κ1) is 36.5. The van der Waals surface area contributed by atoms with E-state index >= 15 is 0 Å². The predicted octanol–water partition coefficient (Wildman–Crippen LogP) is 4.41. The van der Waals surface area contributed by atoms with Crippen LogP contribution in [0.5, 0.6) is 5.75 Å². The van der Waals surface area contributed by atoms with Crippen molar-refractivity contribution in [2.75, 3.05) is 20.8 Å². The second-order valence-electron chi connectivity index (χ2n) is 10.2. The summed E-state index contributed by atoms with van der Waals surface area (Å²) >= 11 is 0. The van der Waals surface area contributed by atoms with Crippen molar-refractivity contribution in [1.82, 2.24) is 15.2 Å². The van der Waals surface area contributed by atoms with Crippen LogP contribution in [0, 0.1) is 5.41 Å². The van der Waals surface area contributed by atoms with Crippen LogP contribution in [0.3, 0.4) is 0 Å². The first-order valence-corrected chi connectivity index (χ1v) is 14.1. The Kier molecular flexibility index (Phi) is 14.8. The zero-order chi connectivity index (χ0) is 32.7. The molecule has 12 nitrogen and oxygen atoms in total. The van der Waals surface area contributed by atoms with Crippen LogP contribution >= 0.6 is 0 Å². The number of aromatic amines is 1. The summed E-state index contributed by atoms with van der Waals surface area (Å²) in [5, 5.41) is 10.0. The van der Waals surface area contributed by atoms with Crippen molar-refractivity contribution in [2.45, 2.75) is 78.0 Å². The van der Waals surface area contributed by atoms with E-state index in [0.717, 1.165) is 0 Å². The summed E-state index contributed by atoms with van der Waals surface area (Å²) in [5.74, 6) is -0.816. The minimum Gasteiger partial charge on any atom is -0.497 e. The van der Waals surface area contributed by atoms with Gasteiger partial charge in [-0.25, -0.2) is 9.59 Å². The SMILES string of the molecule is C=CCCC(NC(=O)C1CCCN1C(=O)OC(C)(C)C)C(=O)OC.CC.COc1ccc2c(=O)cc(C(=O)C=N)[nH]c2c1. The van der Waals surface area contributed by atoms with Crippen LogP contribution in [0.4, 0.5) is 4.79 Å². The van der Waals surface area contributed by atoms with Crippen LogP contribution < -0.4 is 15.5 Å². The van der Waals surface area contributed by atoms with Crippen LogP contribution in [-0.4, -0.2) is 78.3 Å². The van der Waals surface area contributed by atoms with E-state index in [2.05, 4.69) is 16.9 Å². The van der Waals surface area contributed by atoms with Gasteiger partial charge in [0.25, 0.3) is 0 Å². The molecule has 3 N–H and O–H groups in total. The lowest BCUT2D eigenvalue weighted by Crippen LogP contribution is -2.51. The maximum atomic E-state index is 12.5. The van der Waals surface area contributed by atoms with E-state index < -0.39 is 35.5 Å². The number of benzene rings is 1. The fourth-order valence-electron chi connectivity index (χ4n) is 4.09. The molecule has 1 aromatic heterocycles. The topological polar surface area (TPSA) is 168 Å². The summed E-state index contributed by atoms with van der Waals surface area (Å²) in [7, 11) is 2.80. The monoisotopic (exact) mass is 600 g/mol. The molecule has 43 heavy (non-hydrogen) atoms. The van der Waals surface area contributed by atoms with E-state index in [1.165, 1.54) is 25.2 Å². The minimum absolute atomic E-state index is 0.103. The minimum atomic E-state index is -0.749. The van der Waals surface area contributed by atoms with Crippen molar-refractivity contribution in [3.05, 3.63) is 52.8 Å². The van der Waals surface area contributed by atoms with E-state index in [9.17, 15) is 24.0 Å². The van der Waals surface area contributed by atoms with Crippen LogP contribution in [0.2, 0.25) is 0 Å². The summed E-state index contributed by atoms with van der Waals surface area (Å²) in [5.41, 5.74) is -0.265. The molecule has 236 valence electrons. The van der Waals surface area contributed by atoms with Crippen molar-refractivity contribution in [1.29, 1.82) is 5.41 Å². The molecule has 2 unspecified atom stereocenters. The Bertz CT molecular complexity index is 1350. The zero-order valence-corrected chi connectivity index (χ0v) is 26.1. The quantitative estimate of drug-likeness (QED) is 0.165. The van der Waals surface area contributed by atoms with Gasteiger partial charge in [-0.1, -0.05) is 19.9 Å². The second-order valence-corrected chi connectivity index (χ2v) is 10.2. The first-order valence-electron chi connectivity index (χ1n) is 14.1. The number of fused-ring (bicyclic) bond motifs is 1. The number of rotatable bonds is 9. The van der Waals surface area contributed by atoms with E-state index in [1.54, 1.807) is 45.0 Å². The zero-order valence-electron chi connectivity index (χ0n) is 26.1. The molecule has 12 heteroatoms. The number of amides is 2. The molecule has 0 bridgehead atoms. The molecule has 0 aliphatic carbocycles. The molecular formula is C31H44N4O8. The maximum Gasteiger partial charge on any atom is 0.410 e. The molecule has 1 aliphatic heterocycles. The van der Waals surface area contributed by atoms with Gasteiger partial charge >= 0.3 is 12.1 Å². The molecule has 1 saturated heterocycles. The van der Waals surface area contributed by atoms with E-state index in [-0.39, 0.29) is 17.0 Å². The van der Waals surface area contributed by atoms with Gasteiger partial charge in [-0.05, 0) is 58.6 Å². The number of esters is 1. The molecule has 2 aromatic rings. The molecule has 1 aromatic carbocycles. The highest BCUT2D eigenvalue weighted by molar-refractivity contribution is 6.33. The Morgan fingerprint density at radius 3 is 2.42 bits per heavy atom. The van der Waals surface area contributed by atoms with Crippen molar-refractivity contribution in [3.8, 4) is 5.75 Å². The largest absolute Gasteiger partial charge is 0.497 e. The lowest BCUT2D eigenvalue weighted by Gasteiger charge is -2.28. The van der Waals surface area contributed by atoms with Gasteiger partial charge in [0, 0.05) is 24.1 Å². The van der Waals surface area contributed by atoms with Crippen LogP contribution in [0.25, 0.3) is 10.9 Å². The van der Waals surface area contributed by atoms with Crippen molar-refractivity contribution >= 4 is 40.9 Å². The van der Waals surface area contributed by atoms with Gasteiger partial charge in [0.2, 0.25) is 11.7 Å². The molecule has 2 amide bonds. The van der Waals surface area contributed by atoms with E-state index in [4.69, 9.17) is 19.6 Å². The normalized spacial score (nSPS) is 14.6. The number of ether oxygens (including phenoxy) is 3. The van der Waals surface area contributed by atoms with Gasteiger partial charge in [-0.15, -0.1) is 6.58 Å². The van der Waals surface area contributed by atoms with Crippen molar-refractivity contribution in [3.63, 3.8) is 0 Å². The second kappa shape index (κ2) is 17.5. The number of pyridine rings is 1. The van der Waals surface area contributed by atoms with Crippen LogP contribution in [0.15, 0.2) is 41.7 Å². The summed E-state index contributed by atoms with van der Waals surface area (Å²) < 4.78 is 15.1. The number of nitrogens with one attached hydrogen (secondary N) is 3. The highest BCUT2D eigenvalue weighted by atomic mass is 16.6. The number of nitrogens with zero attached hydrogens (tertiary/aromatic N) is 1. The van der Waals surface area contributed by atoms with Gasteiger partial charge < -0.3 is 29.9 Å². The molecular weight excluding hydrogens is 556 g/mol. The molecule has 0 saturated carbocycles. The third kappa shape index (κ3) is 11.0. The number of carbonyl (C=O) groups is 4. The Morgan fingerprint density at radius 2 is 1.86 bits per heavy atom. The van der Waals surface area contributed by atoms with Gasteiger partial charge in [0.15, 0.2) is 5.43 Å². The molecule has 3 rings (SSSR count). The summed E-state index contributed by atoms with van der Waals surface area (Å²) in [6, 6.07) is 4.76. The third-order valence-corrected chi connectivity index (χ3v) is 6.08. The highest BCUT2D eigenvalue weighted by Gasteiger charge is 2.38. The van der Waals surface area contributed by atoms with Gasteiger partial charge in [0.1, 0.15) is 23.4 Å². The number of Topliss-reactive ketones (excluding diaryl/α,β-unsaturated/α-hetero) is 1. The summed E-state index contributed by atoms with van der Waals surface area (Å²) in [4.78, 5) is 63.8. The third-order valence-electron chi connectivity index (χ3n) is 6.08.